The van der Waals surface area contributed by atoms with Crippen molar-refractivity contribution in [2.24, 2.45) is 5.10 Å². The number of hydrogen-bond acceptors (Lipinski definition) is 3. The minimum atomic E-state index is -3.77. The highest BCUT2D eigenvalue weighted by Crippen LogP contribution is 2.10. The fourth-order valence-corrected chi connectivity index (χ4v) is 3.10. The van der Waals surface area contributed by atoms with Gasteiger partial charge in [-0.3, -0.25) is 0 Å². The van der Waals surface area contributed by atoms with E-state index in [-0.39, 0.29) is 4.90 Å². The second kappa shape index (κ2) is 8.35. The minimum Gasteiger partial charge on any atom is -0.200 e. The maximum absolute atomic E-state index is 12.5. The maximum atomic E-state index is 12.5. The molecule has 0 unspecified atom stereocenters. The first-order valence-corrected chi connectivity index (χ1v) is 9.81. The number of nitrogens with zero attached hydrogens (tertiary/aromatic N) is 1. The molecule has 0 saturated carbocycles. The molecule has 0 bridgehead atoms. The number of hydrogen-bond donors (Lipinski definition) is 1. The van der Waals surface area contributed by atoms with Crippen LogP contribution in [0.2, 0.25) is 0 Å². The van der Waals surface area contributed by atoms with Gasteiger partial charge in [0.25, 0.3) is 10.0 Å². The highest BCUT2D eigenvalue weighted by Gasteiger charge is 2.13. The molecule has 3 rings (SSSR count). The van der Waals surface area contributed by atoms with Crippen molar-refractivity contribution in [1.29, 1.82) is 0 Å². The minimum absolute atomic E-state index is 0.153. The lowest BCUT2D eigenvalue weighted by Gasteiger charge is -2.05. The van der Waals surface area contributed by atoms with E-state index in [9.17, 15) is 8.42 Å². The summed E-state index contributed by atoms with van der Waals surface area (Å²) in [5.41, 5.74) is 2.88. The van der Waals surface area contributed by atoms with Gasteiger partial charge in [0.2, 0.25) is 0 Å². The Morgan fingerprint density at radius 3 is 2.07 bits per heavy atom. The molecule has 134 valence electrons. The molecule has 27 heavy (non-hydrogen) atoms. The molecule has 0 aliphatic carbocycles. The quantitative estimate of drug-likeness (QED) is 0.430. The van der Waals surface area contributed by atoms with Gasteiger partial charge in [0.15, 0.2) is 0 Å². The lowest BCUT2D eigenvalue weighted by molar-refractivity contribution is 0.584. The summed E-state index contributed by atoms with van der Waals surface area (Å²) in [4.78, 5) is 2.44. The van der Waals surface area contributed by atoms with Crippen molar-refractivity contribution in [3.05, 3.63) is 102 Å². The highest BCUT2D eigenvalue weighted by molar-refractivity contribution is 7.89. The van der Waals surface area contributed by atoms with Crippen LogP contribution >= 0.6 is 0 Å². The number of benzene rings is 3. The van der Waals surface area contributed by atoms with Gasteiger partial charge in [-0.05, 0) is 37.1 Å². The molecule has 0 amide bonds. The van der Waals surface area contributed by atoms with Crippen molar-refractivity contribution < 1.29 is 8.42 Å². The van der Waals surface area contributed by atoms with E-state index in [1.807, 2.05) is 67.6 Å². The Labute approximate surface area is 159 Å². The first kappa shape index (κ1) is 18.4. The van der Waals surface area contributed by atoms with Crippen LogP contribution in [0.5, 0.6) is 0 Å². The average Bonchev–Trinajstić information content (AvgIpc) is 2.70. The highest BCUT2D eigenvalue weighted by atomic mass is 32.2. The van der Waals surface area contributed by atoms with E-state index in [0.717, 1.165) is 16.7 Å². The third-order valence-corrected chi connectivity index (χ3v) is 4.98. The molecular weight excluding hydrogens is 356 g/mol. The average molecular weight is 374 g/mol. The number of rotatable bonds is 4. The predicted molar refractivity (Wildman–Crippen MR) is 108 cm³/mol. The van der Waals surface area contributed by atoms with Crippen LogP contribution in [0.15, 0.2) is 94.9 Å². The number of nitrogens with one attached hydrogen (secondary N) is 1. The van der Waals surface area contributed by atoms with Gasteiger partial charge in [0.1, 0.15) is 5.71 Å². The molecule has 0 heterocycles. The summed E-state index contributed by atoms with van der Waals surface area (Å²) in [6, 6.07) is 25.3. The molecule has 0 aliphatic rings. The van der Waals surface area contributed by atoms with Crippen molar-refractivity contribution >= 4 is 15.7 Å². The summed E-state index contributed by atoms with van der Waals surface area (Å²) in [7, 11) is -3.77. The van der Waals surface area contributed by atoms with E-state index in [1.54, 1.807) is 24.3 Å². The van der Waals surface area contributed by atoms with Gasteiger partial charge < -0.3 is 0 Å². The third-order valence-electron chi connectivity index (χ3n) is 3.76. The second-order valence-electron chi connectivity index (χ2n) is 5.85. The summed E-state index contributed by atoms with van der Waals surface area (Å²) in [6.45, 7) is 1.90. The molecule has 0 spiro atoms. The van der Waals surface area contributed by atoms with E-state index < -0.39 is 10.0 Å². The van der Waals surface area contributed by atoms with Crippen LogP contribution in [-0.2, 0) is 10.0 Å². The molecule has 0 radical (unpaired) electrons. The standard InChI is InChI=1S/C22H18N2O2S/c1-18-12-15-21(16-13-18)27(25,26)24-23-22(20-10-6-3-7-11-20)17-14-19-8-4-2-5-9-19/h2-13,15-16,24H,1H3/b23-22-. The van der Waals surface area contributed by atoms with E-state index in [2.05, 4.69) is 21.8 Å². The van der Waals surface area contributed by atoms with Gasteiger partial charge in [-0.15, -0.1) is 0 Å². The fourth-order valence-electron chi connectivity index (χ4n) is 2.29. The molecule has 1 N–H and O–H groups in total. The van der Waals surface area contributed by atoms with Crippen molar-refractivity contribution in [1.82, 2.24) is 4.83 Å². The molecule has 0 aromatic heterocycles. The van der Waals surface area contributed by atoms with Crippen LogP contribution in [0.4, 0.5) is 0 Å². The van der Waals surface area contributed by atoms with Gasteiger partial charge in [0, 0.05) is 11.1 Å². The largest absolute Gasteiger partial charge is 0.276 e. The summed E-state index contributed by atoms with van der Waals surface area (Å²) in [5, 5.41) is 4.08. The van der Waals surface area contributed by atoms with E-state index in [0.29, 0.717) is 5.71 Å². The fraction of sp³-hybridized carbons (Fsp3) is 0.0455. The van der Waals surface area contributed by atoms with Gasteiger partial charge in [-0.2, -0.15) is 18.4 Å². The van der Waals surface area contributed by atoms with Crippen molar-refractivity contribution in [3.63, 3.8) is 0 Å². The molecule has 5 heteroatoms. The van der Waals surface area contributed by atoms with E-state index in [1.165, 1.54) is 0 Å². The zero-order valence-electron chi connectivity index (χ0n) is 14.8. The Morgan fingerprint density at radius 1 is 0.852 bits per heavy atom. The monoisotopic (exact) mass is 374 g/mol. The lowest BCUT2D eigenvalue weighted by atomic mass is 10.1. The van der Waals surface area contributed by atoms with Crippen LogP contribution in [0, 0.1) is 18.8 Å². The van der Waals surface area contributed by atoms with Gasteiger partial charge in [0.05, 0.1) is 4.90 Å². The van der Waals surface area contributed by atoms with Crippen LogP contribution in [-0.4, -0.2) is 14.1 Å². The smallest absolute Gasteiger partial charge is 0.200 e. The molecule has 3 aromatic rings. The van der Waals surface area contributed by atoms with Crippen molar-refractivity contribution in [2.45, 2.75) is 11.8 Å². The van der Waals surface area contributed by atoms with Crippen LogP contribution < -0.4 is 4.83 Å². The Kier molecular flexibility index (Phi) is 5.70. The molecule has 0 aliphatic heterocycles. The van der Waals surface area contributed by atoms with Crippen molar-refractivity contribution in [2.75, 3.05) is 0 Å². The van der Waals surface area contributed by atoms with Gasteiger partial charge >= 0.3 is 0 Å². The predicted octanol–water partition coefficient (Wildman–Crippen LogP) is 3.73. The molecule has 3 aromatic carbocycles. The first-order chi connectivity index (χ1) is 13.0. The molecule has 4 nitrogen and oxygen atoms in total. The SMILES string of the molecule is Cc1ccc(S(=O)(=O)N/N=C(/C#Cc2ccccc2)c2ccccc2)cc1. The van der Waals surface area contributed by atoms with E-state index >= 15 is 0 Å². The van der Waals surface area contributed by atoms with Crippen LogP contribution in [0.25, 0.3) is 0 Å². The Bertz CT molecular complexity index is 1090. The van der Waals surface area contributed by atoms with Crippen LogP contribution in [0.3, 0.4) is 0 Å². The van der Waals surface area contributed by atoms with Crippen molar-refractivity contribution in [3.8, 4) is 11.8 Å². The maximum Gasteiger partial charge on any atom is 0.276 e. The summed E-state index contributed by atoms with van der Waals surface area (Å²) >= 11 is 0. The first-order valence-electron chi connectivity index (χ1n) is 8.33. The Hall–Kier alpha value is -3.36. The van der Waals surface area contributed by atoms with Crippen LogP contribution in [0.1, 0.15) is 16.7 Å². The normalized spacial score (nSPS) is 11.4. The zero-order valence-corrected chi connectivity index (χ0v) is 15.6. The summed E-state index contributed by atoms with van der Waals surface area (Å²) in [6.07, 6.45) is 0. The Morgan fingerprint density at radius 2 is 1.44 bits per heavy atom. The summed E-state index contributed by atoms with van der Waals surface area (Å²) in [5.74, 6) is 5.97. The second-order valence-corrected chi connectivity index (χ2v) is 7.51. The zero-order chi connectivity index (χ0) is 19.1. The molecular formula is C22H18N2O2S. The molecule has 0 fully saturated rings. The van der Waals surface area contributed by atoms with Gasteiger partial charge in [-0.25, -0.2) is 0 Å². The number of aryl methyl sites for hydroxylation is 1. The Balaban J connectivity index is 1.93. The number of hydrazone groups is 1. The lowest BCUT2D eigenvalue weighted by Crippen LogP contribution is -2.20. The topological polar surface area (TPSA) is 58.5 Å². The molecule has 0 saturated heterocycles. The summed E-state index contributed by atoms with van der Waals surface area (Å²) < 4.78 is 25.0. The third kappa shape index (κ3) is 5.06. The molecule has 0 atom stereocenters. The number of sulfonamides is 1. The van der Waals surface area contributed by atoms with Gasteiger partial charge in [-0.1, -0.05) is 72.1 Å². The van der Waals surface area contributed by atoms with E-state index in [4.69, 9.17) is 0 Å².